The maximum absolute atomic E-state index is 10.5. The Labute approximate surface area is 62.2 Å². The van der Waals surface area contributed by atoms with Gasteiger partial charge in [0, 0.05) is 6.42 Å². The fourth-order valence-corrected chi connectivity index (χ4v) is 0.959. The molecule has 0 fully saturated rings. The van der Waals surface area contributed by atoms with Gasteiger partial charge in [0.1, 0.15) is 5.78 Å². The average molecular weight is 144 g/mol. The van der Waals surface area contributed by atoms with Crippen LogP contribution in [0.2, 0.25) is 0 Å². The van der Waals surface area contributed by atoms with E-state index in [4.69, 9.17) is 5.11 Å². The second-order valence-electron chi connectivity index (χ2n) is 3.19. The van der Waals surface area contributed by atoms with Crippen LogP contribution in [0.15, 0.2) is 0 Å². The third-order valence-corrected chi connectivity index (χ3v) is 1.27. The van der Waals surface area contributed by atoms with Crippen LogP contribution in [0.25, 0.3) is 0 Å². The van der Waals surface area contributed by atoms with Crippen molar-refractivity contribution < 1.29 is 9.90 Å². The Morgan fingerprint density at radius 1 is 1.50 bits per heavy atom. The Balaban J connectivity index is 3.43. The SMILES string of the molecule is CC(=O)C[C@@H](O)CC(C)C. The highest BCUT2D eigenvalue weighted by Gasteiger charge is 2.08. The van der Waals surface area contributed by atoms with E-state index < -0.39 is 6.10 Å². The molecule has 0 aliphatic heterocycles. The molecule has 0 aliphatic rings. The van der Waals surface area contributed by atoms with Gasteiger partial charge in [0.05, 0.1) is 6.10 Å². The van der Waals surface area contributed by atoms with Crippen molar-refractivity contribution in [1.29, 1.82) is 0 Å². The van der Waals surface area contributed by atoms with Gasteiger partial charge >= 0.3 is 0 Å². The average Bonchev–Trinajstić information content (AvgIpc) is 1.58. The highest BCUT2D eigenvalue weighted by Crippen LogP contribution is 2.07. The fourth-order valence-electron chi connectivity index (χ4n) is 0.959. The lowest BCUT2D eigenvalue weighted by Gasteiger charge is -2.09. The molecule has 0 rings (SSSR count). The Bertz CT molecular complexity index is 108. The summed E-state index contributed by atoms with van der Waals surface area (Å²) in [7, 11) is 0. The standard InChI is InChI=1S/C8H16O2/c1-6(2)4-8(10)5-7(3)9/h6,8,10H,4-5H2,1-3H3/t8-/m0/s1. The summed E-state index contributed by atoms with van der Waals surface area (Å²) in [4.78, 5) is 10.5. The maximum Gasteiger partial charge on any atom is 0.132 e. The molecule has 0 spiro atoms. The molecular formula is C8H16O2. The van der Waals surface area contributed by atoms with Crippen molar-refractivity contribution in [3.05, 3.63) is 0 Å². The van der Waals surface area contributed by atoms with Crippen LogP contribution in [0.5, 0.6) is 0 Å². The minimum absolute atomic E-state index is 0.0631. The lowest BCUT2D eigenvalue weighted by atomic mass is 10.0. The molecule has 0 amide bonds. The van der Waals surface area contributed by atoms with Gasteiger partial charge in [-0.15, -0.1) is 0 Å². The van der Waals surface area contributed by atoms with Crippen molar-refractivity contribution in [3.8, 4) is 0 Å². The van der Waals surface area contributed by atoms with E-state index in [1.54, 1.807) is 0 Å². The van der Waals surface area contributed by atoms with Crippen LogP contribution >= 0.6 is 0 Å². The zero-order chi connectivity index (χ0) is 8.15. The highest BCUT2D eigenvalue weighted by atomic mass is 16.3. The van der Waals surface area contributed by atoms with Crippen molar-refractivity contribution in [3.63, 3.8) is 0 Å². The second kappa shape index (κ2) is 4.45. The molecule has 0 aromatic heterocycles. The van der Waals surface area contributed by atoms with Gasteiger partial charge in [-0.25, -0.2) is 0 Å². The van der Waals surface area contributed by atoms with Crippen LogP contribution in [0.4, 0.5) is 0 Å². The van der Waals surface area contributed by atoms with E-state index in [1.807, 2.05) is 13.8 Å². The summed E-state index contributed by atoms with van der Waals surface area (Å²) >= 11 is 0. The van der Waals surface area contributed by atoms with Gasteiger partial charge in [-0.3, -0.25) is 4.79 Å². The Morgan fingerprint density at radius 2 is 2.00 bits per heavy atom. The predicted octanol–water partition coefficient (Wildman–Crippen LogP) is 1.37. The van der Waals surface area contributed by atoms with Crippen LogP contribution < -0.4 is 0 Å². The number of aliphatic hydroxyl groups is 1. The van der Waals surface area contributed by atoms with Crippen LogP contribution in [0.1, 0.15) is 33.6 Å². The number of aliphatic hydroxyl groups excluding tert-OH is 1. The fraction of sp³-hybridized carbons (Fsp3) is 0.875. The number of hydrogen-bond donors (Lipinski definition) is 1. The van der Waals surface area contributed by atoms with Crippen LogP contribution in [0, 0.1) is 5.92 Å². The summed E-state index contributed by atoms with van der Waals surface area (Å²) in [6, 6.07) is 0. The van der Waals surface area contributed by atoms with Crippen molar-refractivity contribution in [1.82, 2.24) is 0 Å². The van der Waals surface area contributed by atoms with Gasteiger partial charge in [-0.2, -0.15) is 0 Å². The minimum Gasteiger partial charge on any atom is -0.393 e. The maximum atomic E-state index is 10.5. The van der Waals surface area contributed by atoms with Crippen molar-refractivity contribution in [2.45, 2.75) is 39.7 Å². The molecule has 1 N–H and O–H groups in total. The van der Waals surface area contributed by atoms with Crippen LogP contribution in [0.3, 0.4) is 0 Å². The minimum atomic E-state index is -0.433. The van der Waals surface area contributed by atoms with Gasteiger partial charge in [-0.05, 0) is 19.3 Å². The third-order valence-electron chi connectivity index (χ3n) is 1.27. The van der Waals surface area contributed by atoms with E-state index >= 15 is 0 Å². The summed E-state index contributed by atoms with van der Waals surface area (Å²) in [5, 5.41) is 9.17. The molecule has 0 saturated heterocycles. The summed E-state index contributed by atoms with van der Waals surface area (Å²) in [5.41, 5.74) is 0. The predicted molar refractivity (Wildman–Crippen MR) is 40.8 cm³/mol. The van der Waals surface area contributed by atoms with E-state index in [9.17, 15) is 4.79 Å². The molecule has 0 saturated carbocycles. The van der Waals surface area contributed by atoms with E-state index in [0.717, 1.165) is 6.42 Å². The monoisotopic (exact) mass is 144 g/mol. The summed E-state index contributed by atoms with van der Waals surface area (Å²) < 4.78 is 0. The molecule has 0 aliphatic carbocycles. The number of carbonyl (C=O) groups is 1. The lowest BCUT2D eigenvalue weighted by Crippen LogP contribution is -2.13. The molecule has 60 valence electrons. The largest absolute Gasteiger partial charge is 0.393 e. The van der Waals surface area contributed by atoms with Gasteiger partial charge in [0.25, 0.3) is 0 Å². The number of Topliss-reactive ketones (excluding diaryl/α,β-unsaturated/α-hetero) is 1. The third kappa shape index (κ3) is 5.76. The second-order valence-corrected chi connectivity index (χ2v) is 3.19. The molecule has 1 atom stereocenters. The Kier molecular flexibility index (Phi) is 4.28. The molecule has 2 heteroatoms. The van der Waals surface area contributed by atoms with Gasteiger partial charge in [0.15, 0.2) is 0 Å². The molecule has 2 nitrogen and oxygen atoms in total. The molecule has 0 heterocycles. The summed E-state index contributed by atoms with van der Waals surface area (Å²) in [5.74, 6) is 0.530. The van der Waals surface area contributed by atoms with Gasteiger partial charge in [-0.1, -0.05) is 13.8 Å². The van der Waals surface area contributed by atoms with E-state index in [0.29, 0.717) is 12.3 Å². The molecule has 0 aromatic rings. The van der Waals surface area contributed by atoms with E-state index in [-0.39, 0.29) is 5.78 Å². The highest BCUT2D eigenvalue weighted by molar-refractivity contribution is 5.75. The van der Waals surface area contributed by atoms with Gasteiger partial charge < -0.3 is 5.11 Å². The summed E-state index contributed by atoms with van der Waals surface area (Å²) in [6.07, 6.45) is 0.593. The zero-order valence-corrected chi connectivity index (χ0v) is 6.92. The van der Waals surface area contributed by atoms with Crippen LogP contribution in [-0.4, -0.2) is 17.0 Å². The topological polar surface area (TPSA) is 37.3 Å². The molecule has 10 heavy (non-hydrogen) atoms. The Morgan fingerprint density at radius 3 is 2.30 bits per heavy atom. The first kappa shape index (κ1) is 9.63. The molecule has 0 radical (unpaired) electrons. The first-order valence-corrected chi connectivity index (χ1v) is 3.70. The number of rotatable bonds is 4. The number of hydrogen-bond acceptors (Lipinski definition) is 2. The quantitative estimate of drug-likeness (QED) is 0.647. The number of carbonyl (C=O) groups excluding carboxylic acids is 1. The first-order chi connectivity index (χ1) is 4.52. The number of ketones is 1. The van der Waals surface area contributed by atoms with Crippen molar-refractivity contribution >= 4 is 5.78 Å². The van der Waals surface area contributed by atoms with Crippen molar-refractivity contribution in [2.75, 3.05) is 0 Å². The first-order valence-electron chi connectivity index (χ1n) is 3.70. The van der Waals surface area contributed by atoms with Crippen molar-refractivity contribution in [2.24, 2.45) is 5.92 Å². The van der Waals surface area contributed by atoms with E-state index in [1.165, 1.54) is 6.92 Å². The molecular weight excluding hydrogens is 128 g/mol. The van der Waals surface area contributed by atoms with Crippen LogP contribution in [-0.2, 0) is 4.79 Å². The van der Waals surface area contributed by atoms with Gasteiger partial charge in [0.2, 0.25) is 0 Å². The zero-order valence-electron chi connectivity index (χ0n) is 6.92. The molecule has 0 unspecified atom stereocenters. The molecule has 0 bridgehead atoms. The normalized spacial score (nSPS) is 13.7. The van der Waals surface area contributed by atoms with E-state index in [2.05, 4.69) is 0 Å². The molecule has 0 aromatic carbocycles. The Hall–Kier alpha value is -0.370. The lowest BCUT2D eigenvalue weighted by molar-refractivity contribution is -0.119. The smallest absolute Gasteiger partial charge is 0.132 e. The summed E-state index contributed by atoms with van der Waals surface area (Å²) in [6.45, 7) is 5.57.